The van der Waals surface area contributed by atoms with Crippen LogP contribution in [0.25, 0.3) is 0 Å². The van der Waals surface area contributed by atoms with Crippen LogP contribution in [0.5, 0.6) is 0 Å². The summed E-state index contributed by atoms with van der Waals surface area (Å²) < 4.78 is 0. The average molecular weight is 523 g/mol. The summed E-state index contributed by atoms with van der Waals surface area (Å²) in [7, 11) is 1.41. The summed E-state index contributed by atoms with van der Waals surface area (Å²) in [6.07, 6.45) is 0.0690. The van der Waals surface area contributed by atoms with Crippen LogP contribution in [-0.2, 0) is 20.8 Å². The van der Waals surface area contributed by atoms with Gasteiger partial charge in [-0.1, -0.05) is 41.9 Å². The summed E-state index contributed by atoms with van der Waals surface area (Å²) in [4.78, 5) is 61.6. The summed E-state index contributed by atoms with van der Waals surface area (Å²) in [5.41, 5.74) is 1.19. The van der Waals surface area contributed by atoms with E-state index in [0.717, 1.165) is 5.56 Å². The van der Waals surface area contributed by atoms with Crippen molar-refractivity contribution in [3.8, 4) is 0 Å². The van der Waals surface area contributed by atoms with Crippen LogP contribution in [0.3, 0.4) is 0 Å². The molecule has 0 aromatic heterocycles. The molecular weight excluding hydrogens is 500 g/mol. The molecule has 3 aromatic rings. The second-order valence-electron chi connectivity index (χ2n) is 7.81. The first-order chi connectivity index (χ1) is 17.7. The molecule has 0 heterocycles. The molecule has 190 valence electrons. The Morgan fingerprint density at radius 2 is 1.54 bits per heavy atom. The number of aromatic carboxylic acids is 1. The zero-order chi connectivity index (χ0) is 26.9. The molecule has 3 rings (SSSR count). The molecule has 0 bridgehead atoms. The molecule has 0 fully saturated rings. The van der Waals surface area contributed by atoms with Crippen molar-refractivity contribution in [1.82, 2.24) is 10.6 Å². The van der Waals surface area contributed by atoms with Crippen LogP contribution in [-0.4, -0.2) is 47.8 Å². The maximum absolute atomic E-state index is 13.0. The van der Waals surface area contributed by atoms with E-state index in [0.29, 0.717) is 5.69 Å². The maximum Gasteiger partial charge on any atom is 0.335 e. The van der Waals surface area contributed by atoms with Gasteiger partial charge in [-0.3, -0.25) is 19.2 Å². The Hall–Kier alpha value is -4.70. The third kappa shape index (κ3) is 7.39. The van der Waals surface area contributed by atoms with Gasteiger partial charge in [-0.25, -0.2) is 4.79 Å². The molecule has 0 saturated heterocycles. The number of nitrogens with one attached hydrogen (secondary N) is 4. The minimum Gasteiger partial charge on any atom is -0.478 e. The van der Waals surface area contributed by atoms with Gasteiger partial charge >= 0.3 is 17.8 Å². The molecule has 0 aliphatic heterocycles. The van der Waals surface area contributed by atoms with Crippen molar-refractivity contribution < 1.29 is 29.1 Å². The largest absolute Gasteiger partial charge is 0.478 e. The summed E-state index contributed by atoms with van der Waals surface area (Å²) in [5.74, 6) is -4.45. The first-order valence-corrected chi connectivity index (χ1v) is 11.4. The fourth-order valence-electron chi connectivity index (χ4n) is 3.34. The highest BCUT2D eigenvalue weighted by atomic mass is 35.5. The van der Waals surface area contributed by atoms with Crippen molar-refractivity contribution in [2.24, 2.45) is 0 Å². The normalized spacial score (nSPS) is 11.1. The number of hydrogen-bond donors (Lipinski definition) is 5. The highest BCUT2D eigenvalue weighted by molar-refractivity contribution is 6.40. The van der Waals surface area contributed by atoms with Crippen LogP contribution in [0.2, 0.25) is 5.02 Å². The number of carboxylic acid groups (broad SMARTS) is 1. The molecule has 0 aliphatic carbocycles. The highest BCUT2D eigenvalue weighted by Crippen LogP contribution is 2.21. The van der Waals surface area contributed by atoms with Gasteiger partial charge < -0.3 is 26.4 Å². The molecule has 10 nitrogen and oxygen atoms in total. The summed E-state index contributed by atoms with van der Waals surface area (Å²) >= 11 is 5.98. The minimum atomic E-state index is -1.16. The van der Waals surface area contributed by atoms with Gasteiger partial charge in [0, 0.05) is 24.2 Å². The topological polar surface area (TPSA) is 154 Å². The van der Waals surface area contributed by atoms with Crippen molar-refractivity contribution in [3.63, 3.8) is 0 Å². The van der Waals surface area contributed by atoms with E-state index in [1.165, 1.54) is 49.5 Å². The number of hydrogen-bond acceptors (Lipinski definition) is 5. The molecule has 0 spiro atoms. The zero-order valence-corrected chi connectivity index (χ0v) is 20.3. The molecule has 0 saturated carbocycles. The first-order valence-electron chi connectivity index (χ1n) is 11.0. The first kappa shape index (κ1) is 26.9. The van der Waals surface area contributed by atoms with Gasteiger partial charge in [-0.15, -0.1) is 0 Å². The van der Waals surface area contributed by atoms with Gasteiger partial charge in [0.2, 0.25) is 5.91 Å². The van der Waals surface area contributed by atoms with Crippen LogP contribution in [0.1, 0.15) is 26.3 Å². The third-order valence-electron chi connectivity index (χ3n) is 5.21. The van der Waals surface area contributed by atoms with Crippen molar-refractivity contribution in [1.29, 1.82) is 0 Å². The number of halogens is 1. The standard InChI is InChI=1S/C26H23ClN4O6/c1-28-22(32)19-12-9-17(27)14-20(19)30-24(34)25(35)31-21(13-15-5-3-2-4-6-15)23(33)29-18-10-7-16(8-11-18)26(36)37/h2-12,14,21H,13H2,1H3,(H,28,32)(H,29,33)(H,30,34)(H,31,35)(H,36,37). The number of rotatable bonds is 8. The Kier molecular flexibility index (Phi) is 8.95. The predicted molar refractivity (Wildman–Crippen MR) is 138 cm³/mol. The van der Waals surface area contributed by atoms with Gasteiger partial charge in [0.15, 0.2) is 0 Å². The van der Waals surface area contributed by atoms with Gasteiger partial charge in [-0.05, 0) is 48.0 Å². The Morgan fingerprint density at radius 1 is 0.865 bits per heavy atom. The Morgan fingerprint density at radius 3 is 2.16 bits per heavy atom. The molecular formula is C26H23ClN4O6. The van der Waals surface area contributed by atoms with Gasteiger partial charge in [0.1, 0.15) is 6.04 Å². The lowest BCUT2D eigenvalue weighted by atomic mass is 10.0. The number of carboxylic acids is 1. The lowest BCUT2D eigenvalue weighted by Gasteiger charge is -2.19. The summed E-state index contributed by atoms with van der Waals surface area (Å²) in [6.45, 7) is 0. The summed E-state index contributed by atoms with van der Waals surface area (Å²) in [5, 5.41) is 19.1. The maximum atomic E-state index is 13.0. The molecule has 37 heavy (non-hydrogen) atoms. The summed E-state index contributed by atoms with van der Waals surface area (Å²) in [6, 6.07) is 17.4. The molecule has 11 heteroatoms. The van der Waals surface area contributed by atoms with Gasteiger partial charge in [-0.2, -0.15) is 0 Å². The van der Waals surface area contributed by atoms with Crippen molar-refractivity contribution >= 4 is 52.6 Å². The molecule has 1 atom stereocenters. The number of anilines is 2. The molecule has 0 aliphatic rings. The second-order valence-corrected chi connectivity index (χ2v) is 8.25. The van der Waals surface area contributed by atoms with E-state index in [9.17, 15) is 24.0 Å². The second kappa shape index (κ2) is 12.3. The number of carbonyl (C=O) groups is 5. The highest BCUT2D eigenvalue weighted by Gasteiger charge is 2.26. The lowest BCUT2D eigenvalue weighted by molar-refractivity contribution is -0.137. The average Bonchev–Trinajstić information content (AvgIpc) is 2.88. The Labute approximate surface area is 217 Å². The third-order valence-corrected chi connectivity index (χ3v) is 5.45. The van der Waals surface area contributed by atoms with Crippen LogP contribution >= 0.6 is 11.6 Å². The fourth-order valence-corrected chi connectivity index (χ4v) is 3.51. The Bertz CT molecular complexity index is 1330. The van der Waals surface area contributed by atoms with Crippen LogP contribution in [0, 0.1) is 0 Å². The monoisotopic (exact) mass is 522 g/mol. The lowest BCUT2D eigenvalue weighted by Crippen LogP contribution is -2.49. The van der Waals surface area contributed by atoms with E-state index in [-0.39, 0.29) is 28.3 Å². The van der Waals surface area contributed by atoms with E-state index in [1.807, 2.05) is 0 Å². The van der Waals surface area contributed by atoms with Crippen LogP contribution in [0.15, 0.2) is 72.8 Å². The van der Waals surface area contributed by atoms with Crippen molar-refractivity contribution in [3.05, 3.63) is 94.5 Å². The molecule has 3 aromatic carbocycles. The number of benzene rings is 3. The Balaban J connectivity index is 1.77. The molecule has 4 amide bonds. The minimum absolute atomic E-state index is 0.0228. The SMILES string of the molecule is CNC(=O)c1ccc(Cl)cc1NC(=O)C(=O)NC(Cc1ccccc1)C(=O)Nc1ccc(C(=O)O)cc1. The van der Waals surface area contributed by atoms with Crippen LogP contribution < -0.4 is 21.3 Å². The van der Waals surface area contributed by atoms with E-state index >= 15 is 0 Å². The smallest absolute Gasteiger partial charge is 0.335 e. The molecule has 0 radical (unpaired) electrons. The fraction of sp³-hybridized carbons (Fsp3) is 0.115. The molecule has 1 unspecified atom stereocenters. The zero-order valence-electron chi connectivity index (χ0n) is 19.6. The van der Waals surface area contributed by atoms with E-state index in [2.05, 4.69) is 21.3 Å². The number of amides is 4. The quantitative estimate of drug-likeness (QED) is 0.287. The number of carbonyl (C=O) groups excluding carboxylic acids is 4. The van der Waals surface area contributed by atoms with Gasteiger partial charge in [0.05, 0.1) is 16.8 Å². The predicted octanol–water partition coefficient (Wildman–Crippen LogP) is 2.70. The molecule has 5 N–H and O–H groups in total. The van der Waals surface area contributed by atoms with E-state index in [1.54, 1.807) is 30.3 Å². The van der Waals surface area contributed by atoms with Crippen molar-refractivity contribution in [2.75, 3.05) is 17.7 Å². The van der Waals surface area contributed by atoms with Gasteiger partial charge in [0.25, 0.3) is 5.91 Å². The van der Waals surface area contributed by atoms with E-state index in [4.69, 9.17) is 16.7 Å². The van der Waals surface area contributed by atoms with Crippen molar-refractivity contribution in [2.45, 2.75) is 12.5 Å². The van der Waals surface area contributed by atoms with E-state index < -0.39 is 35.6 Å². The van der Waals surface area contributed by atoms with Crippen LogP contribution in [0.4, 0.5) is 11.4 Å².